The molecule has 0 atom stereocenters. The molecule has 2 aromatic rings. The Hall–Kier alpha value is -3.36. The fourth-order valence-corrected chi connectivity index (χ4v) is 3.45. The van der Waals surface area contributed by atoms with Crippen LogP contribution in [-0.2, 0) is 17.8 Å². The lowest BCUT2D eigenvalue weighted by Crippen LogP contribution is -2.43. The predicted molar refractivity (Wildman–Crippen MR) is 125 cm³/mol. The normalized spacial score (nSPS) is 10.9. The zero-order valence-electron chi connectivity index (χ0n) is 19.4. The number of aromatic nitrogens is 2. The Kier molecular flexibility index (Phi) is 8.40. The van der Waals surface area contributed by atoms with E-state index >= 15 is 0 Å². The highest BCUT2D eigenvalue weighted by Gasteiger charge is 2.26. The van der Waals surface area contributed by atoms with Gasteiger partial charge in [-0.2, -0.15) is 0 Å². The number of hydrogen-bond donors (Lipinski definition) is 2. The van der Waals surface area contributed by atoms with Crippen LogP contribution < -0.4 is 26.6 Å². The van der Waals surface area contributed by atoms with Crippen molar-refractivity contribution in [2.45, 2.75) is 53.5 Å². The third kappa shape index (κ3) is 5.66. The summed E-state index contributed by atoms with van der Waals surface area (Å²) in [4.78, 5) is 53.8. The number of methoxy groups -OCH3 is 1. The maximum atomic E-state index is 13.4. The van der Waals surface area contributed by atoms with Gasteiger partial charge < -0.3 is 15.4 Å². The van der Waals surface area contributed by atoms with Crippen LogP contribution in [0.15, 0.2) is 27.8 Å². The van der Waals surface area contributed by atoms with Crippen LogP contribution in [0.25, 0.3) is 0 Å². The number of Topliss-reactive ketones (excluding diaryl/α,β-unsaturated/α-hetero) is 1. The van der Waals surface area contributed by atoms with E-state index < -0.39 is 17.2 Å². The Bertz CT molecular complexity index is 1100. The maximum absolute atomic E-state index is 13.4. The van der Waals surface area contributed by atoms with E-state index in [1.165, 1.54) is 23.5 Å². The van der Waals surface area contributed by atoms with Crippen LogP contribution in [0.2, 0.25) is 0 Å². The van der Waals surface area contributed by atoms with Crippen molar-refractivity contribution in [3.8, 4) is 5.75 Å². The monoisotopic (exact) mass is 444 g/mol. The molecular formula is C23H32N4O5. The molecule has 1 aromatic heterocycles. The average Bonchev–Trinajstić information content (AvgIpc) is 2.72. The van der Waals surface area contributed by atoms with E-state index in [9.17, 15) is 19.2 Å². The highest BCUT2D eigenvalue weighted by atomic mass is 16.5. The third-order valence-electron chi connectivity index (χ3n) is 5.10. The first kappa shape index (κ1) is 24.9. The van der Waals surface area contributed by atoms with Gasteiger partial charge in [0, 0.05) is 24.2 Å². The van der Waals surface area contributed by atoms with Gasteiger partial charge in [-0.05, 0) is 37.5 Å². The fraction of sp³-hybridized carbons (Fsp3) is 0.478. The van der Waals surface area contributed by atoms with E-state index in [1.54, 1.807) is 18.2 Å². The Labute approximate surface area is 187 Å². The molecule has 1 amide bonds. The van der Waals surface area contributed by atoms with Crippen molar-refractivity contribution in [3.63, 3.8) is 0 Å². The lowest BCUT2D eigenvalue weighted by molar-refractivity contribution is -0.118. The number of ether oxygens (including phenoxy) is 1. The van der Waals surface area contributed by atoms with Gasteiger partial charge in [-0.25, -0.2) is 4.79 Å². The van der Waals surface area contributed by atoms with E-state index in [0.29, 0.717) is 29.8 Å². The van der Waals surface area contributed by atoms with Crippen molar-refractivity contribution < 1.29 is 14.3 Å². The van der Waals surface area contributed by atoms with Crippen molar-refractivity contribution in [1.29, 1.82) is 0 Å². The highest BCUT2D eigenvalue weighted by Crippen LogP contribution is 2.24. The minimum absolute atomic E-state index is 0.0271. The lowest BCUT2D eigenvalue weighted by Gasteiger charge is -2.26. The molecule has 2 rings (SSSR count). The Morgan fingerprint density at radius 3 is 2.50 bits per heavy atom. The van der Waals surface area contributed by atoms with Crippen molar-refractivity contribution in [2.75, 3.05) is 24.3 Å². The van der Waals surface area contributed by atoms with E-state index in [-0.39, 0.29) is 36.2 Å². The van der Waals surface area contributed by atoms with Crippen LogP contribution in [0.4, 0.5) is 11.5 Å². The molecule has 0 bridgehead atoms. The number of anilines is 2. The maximum Gasteiger partial charge on any atom is 0.330 e. The standard InChI is InChI=1S/C23H32N4O5/c1-6-7-10-26-21(24)20(22(30)25-23(26)31)27(13-14(2)3)19(29)12-17-11-16(15(4)28)8-9-18(17)32-5/h8-9,11,14H,6-7,10,12-13,24H2,1-5H3,(H,25,30,31). The minimum Gasteiger partial charge on any atom is -0.496 e. The second-order valence-electron chi connectivity index (χ2n) is 8.16. The number of nitrogens with one attached hydrogen (secondary N) is 1. The summed E-state index contributed by atoms with van der Waals surface area (Å²) in [6.45, 7) is 7.81. The summed E-state index contributed by atoms with van der Waals surface area (Å²) < 4.78 is 6.64. The molecule has 0 radical (unpaired) electrons. The number of unbranched alkanes of at least 4 members (excludes halogenated alkanes) is 1. The van der Waals surface area contributed by atoms with Crippen molar-refractivity contribution in [3.05, 3.63) is 50.2 Å². The first-order chi connectivity index (χ1) is 15.1. The van der Waals surface area contributed by atoms with E-state index in [1.807, 2.05) is 20.8 Å². The molecular weight excluding hydrogens is 412 g/mol. The molecule has 0 unspecified atom stereocenters. The molecule has 0 fully saturated rings. The van der Waals surface area contributed by atoms with Crippen LogP contribution in [0.1, 0.15) is 56.5 Å². The number of carbonyl (C=O) groups excluding carboxylic acids is 2. The minimum atomic E-state index is -0.710. The summed E-state index contributed by atoms with van der Waals surface area (Å²) in [7, 11) is 1.48. The summed E-state index contributed by atoms with van der Waals surface area (Å²) >= 11 is 0. The van der Waals surface area contributed by atoms with Gasteiger partial charge in [0.1, 0.15) is 11.6 Å². The zero-order chi connectivity index (χ0) is 24.0. The smallest absolute Gasteiger partial charge is 0.330 e. The second-order valence-corrected chi connectivity index (χ2v) is 8.16. The first-order valence-corrected chi connectivity index (χ1v) is 10.7. The van der Waals surface area contributed by atoms with Crippen LogP contribution in [0.5, 0.6) is 5.75 Å². The van der Waals surface area contributed by atoms with E-state index in [0.717, 1.165) is 6.42 Å². The molecule has 174 valence electrons. The Morgan fingerprint density at radius 2 is 1.94 bits per heavy atom. The molecule has 1 heterocycles. The van der Waals surface area contributed by atoms with Crippen LogP contribution >= 0.6 is 0 Å². The topological polar surface area (TPSA) is 127 Å². The number of carbonyl (C=O) groups is 2. The van der Waals surface area contributed by atoms with Crippen LogP contribution in [-0.4, -0.2) is 34.9 Å². The van der Waals surface area contributed by atoms with E-state index in [2.05, 4.69) is 4.98 Å². The quantitative estimate of drug-likeness (QED) is 0.542. The van der Waals surface area contributed by atoms with Crippen LogP contribution in [0.3, 0.4) is 0 Å². The van der Waals surface area contributed by atoms with Gasteiger partial charge in [0.25, 0.3) is 5.56 Å². The third-order valence-corrected chi connectivity index (χ3v) is 5.10. The Balaban J connectivity index is 2.55. The predicted octanol–water partition coefficient (Wildman–Crippen LogP) is 2.36. The summed E-state index contributed by atoms with van der Waals surface area (Å²) in [5.41, 5.74) is 5.86. The molecule has 1 aromatic carbocycles. The molecule has 32 heavy (non-hydrogen) atoms. The van der Waals surface area contributed by atoms with Gasteiger partial charge in [-0.1, -0.05) is 27.2 Å². The highest BCUT2D eigenvalue weighted by molar-refractivity contribution is 5.98. The molecule has 3 N–H and O–H groups in total. The molecule has 0 spiro atoms. The zero-order valence-corrected chi connectivity index (χ0v) is 19.4. The molecule has 0 saturated heterocycles. The number of benzene rings is 1. The van der Waals surface area contributed by atoms with Crippen molar-refractivity contribution >= 4 is 23.2 Å². The van der Waals surface area contributed by atoms with Gasteiger partial charge in [-0.3, -0.25) is 23.9 Å². The number of aromatic amines is 1. The average molecular weight is 445 g/mol. The van der Waals surface area contributed by atoms with Gasteiger partial charge in [-0.15, -0.1) is 0 Å². The lowest BCUT2D eigenvalue weighted by atomic mass is 10.0. The molecule has 0 aliphatic heterocycles. The Morgan fingerprint density at radius 1 is 1.25 bits per heavy atom. The first-order valence-electron chi connectivity index (χ1n) is 10.7. The molecule has 0 aliphatic rings. The SMILES string of the molecule is CCCCn1c(N)c(N(CC(C)C)C(=O)Cc2cc(C(C)=O)ccc2OC)c(=O)[nH]c1=O. The largest absolute Gasteiger partial charge is 0.496 e. The molecule has 0 aliphatic carbocycles. The van der Waals surface area contributed by atoms with Crippen molar-refractivity contribution in [1.82, 2.24) is 9.55 Å². The summed E-state index contributed by atoms with van der Waals surface area (Å²) in [6.07, 6.45) is 1.42. The number of nitrogens with two attached hydrogens (primary N) is 1. The van der Waals surface area contributed by atoms with Crippen LogP contribution in [0, 0.1) is 5.92 Å². The summed E-state index contributed by atoms with van der Waals surface area (Å²) in [5, 5.41) is 0. The van der Waals surface area contributed by atoms with Gasteiger partial charge >= 0.3 is 5.69 Å². The number of nitrogen functional groups attached to an aromatic ring is 1. The number of rotatable bonds is 10. The van der Waals surface area contributed by atoms with Crippen molar-refractivity contribution in [2.24, 2.45) is 5.92 Å². The number of nitrogens with zero attached hydrogens (tertiary/aromatic N) is 2. The van der Waals surface area contributed by atoms with E-state index in [4.69, 9.17) is 10.5 Å². The summed E-state index contributed by atoms with van der Waals surface area (Å²) in [5.74, 6) is -0.0767. The summed E-state index contributed by atoms with van der Waals surface area (Å²) in [6, 6.07) is 4.88. The number of ketones is 1. The molecule has 9 heteroatoms. The molecule has 9 nitrogen and oxygen atoms in total. The number of H-pyrrole nitrogens is 1. The molecule has 0 saturated carbocycles. The number of hydrogen-bond acceptors (Lipinski definition) is 6. The number of amides is 1. The fourth-order valence-electron chi connectivity index (χ4n) is 3.45. The van der Waals surface area contributed by atoms with Gasteiger partial charge in [0.2, 0.25) is 5.91 Å². The second kappa shape index (κ2) is 10.8. The van der Waals surface area contributed by atoms with Gasteiger partial charge in [0.15, 0.2) is 11.5 Å². The van der Waals surface area contributed by atoms with Gasteiger partial charge in [0.05, 0.1) is 13.5 Å².